The fraction of sp³-hybridized carbons (Fsp3) is 0.370. The first-order chi connectivity index (χ1) is 17.8. The highest BCUT2D eigenvalue weighted by Crippen LogP contribution is 2.40. The fourth-order valence-electron chi connectivity index (χ4n) is 4.80. The van der Waals surface area contributed by atoms with Crippen molar-refractivity contribution in [2.45, 2.75) is 43.8 Å². The van der Waals surface area contributed by atoms with Gasteiger partial charge in [-0.25, -0.2) is 12.8 Å². The zero-order chi connectivity index (χ0) is 27.7. The first kappa shape index (κ1) is 27.8. The Labute approximate surface area is 219 Å². The topological polar surface area (TPSA) is 71.4 Å². The van der Waals surface area contributed by atoms with Crippen molar-refractivity contribution in [1.82, 2.24) is 9.47 Å². The van der Waals surface area contributed by atoms with Gasteiger partial charge in [-0.05, 0) is 80.9 Å². The van der Waals surface area contributed by atoms with Gasteiger partial charge in [-0.15, -0.1) is 0 Å². The highest BCUT2D eigenvalue weighted by molar-refractivity contribution is 7.90. The molecular formula is C27H29F4N3O3S. The quantitative estimate of drug-likeness (QED) is 0.379. The molecule has 1 amide bonds. The molecule has 11 heteroatoms. The molecule has 2 aromatic carbocycles. The predicted octanol–water partition coefficient (Wildman–Crippen LogP) is 5.76. The maximum atomic E-state index is 13.9. The lowest BCUT2D eigenvalue weighted by atomic mass is 9.99. The van der Waals surface area contributed by atoms with Gasteiger partial charge in [0.05, 0.1) is 21.7 Å². The number of sulfone groups is 1. The molecule has 204 valence electrons. The van der Waals surface area contributed by atoms with Crippen molar-refractivity contribution in [3.63, 3.8) is 0 Å². The number of carbonyl (C=O) groups is 1. The van der Waals surface area contributed by atoms with Crippen molar-refractivity contribution in [3.05, 3.63) is 71.2 Å². The van der Waals surface area contributed by atoms with Crippen LogP contribution in [-0.4, -0.2) is 49.7 Å². The van der Waals surface area contributed by atoms with Gasteiger partial charge >= 0.3 is 6.18 Å². The average molecular weight is 552 g/mol. The smallest absolute Gasteiger partial charge is 0.345 e. The van der Waals surface area contributed by atoms with Gasteiger partial charge in [0.25, 0.3) is 5.91 Å². The lowest BCUT2D eigenvalue weighted by Crippen LogP contribution is -2.32. The van der Waals surface area contributed by atoms with E-state index in [1.165, 1.54) is 30.5 Å². The number of aromatic nitrogens is 1. The Balaban J connectivity index is 1.72. The van der Waals surface area contributed by atoms with Gasteiger partial charge in [0.2, 0.25) is 0 Å². The summed E-state index contributed by atoms with van der Waals surface area (Å²) in [4.78, 5) is 15.5. The Morgan fingerprint density at radius 2 is 1.66 bits per heavy atom. The molecule has 1 aliphatic heterocycles. The largest absolute Gasteiger partial charge is 0.417 e. The van der Waals surface area contributed by atoms with E-state index in [4.69, 9.17) is 0 Å². The lowest BCUT2D eigenvalue weighted by Gasteiger charge is -2.27. The van der Waals surface area contributed by atoms with Crippen molar-refractivity contribution in [2.75, 3.05) is 31.2 Å². The standard InChI is InChI=1S/C27H29F4N3O3S/c1-18-23(26(35)32-20-7-9-21(10-8-20)38(2,36)37)17-34(15-14-33-12-4-3-5-13-33)25(18)22-11-6-19(28)16-24(22)27(29,30)31/h6-11,16-17H,3-5,12-15H2,1-2H3,(H,32,35). The molecule has 1 aliphatic rings. The Morgan fingerprint density at radius 1 is 1.00 bits per heavy atom. The molecule has 6 nitrogen and oxygen atoms in total. The summed E-state index contributed by atoms with van der Waals surface area (Å²) in [5.41, 5.74) is -0.281. The molecule has 1 N–H and O–H groups in total. The van der Waals surface area contributed by atoms with E-state index >= 15 is 0 Å². The van der Waals surface area contributed by atoms with Crippen molar-refractivity contribution < 1.29 is 30.8 Å². The van der Waals surface area contributed by atoms with Gasteiger partial charge in [-0.3, -0.25) is 4.79 Å². The maximum Gasteiger partial charge on any atom is 0.417 e. The molecule has 1 aromatic heterocycles. The minimum atomic E-state index is -4.80. The fourth-order valence-corrected chi connectivity index (χ4v) is 5.43. The number of alkyl halides is 3. The maximum absolute atomic E-state index is 13.9. The predicted molar refractivity (Wildman–Crippen MR) is 137 cm³/mol. The van der Waals surface area contributed by atoms with E-state index in [1.54, 1.807) is 11.5 Å². The van der Waals surface area contributed by atoms with Crippen LogP contribution < -0.4 is 5.32 Å². The van der Waals surface area contributed by atoms with Crippen molar-refractivity contribution in [2.24, 2.45) is 0 Å². The summed E-state index contributed by atoms with van der Waals surface area (Å²) in [7, 11) is -3.41. The van der Waals surface area contributed by atoms with E-state index in [0.717, 1.165) is 50.7 Å². The number of halogens is 4. The van der Waals surface area contributed by atoms with Crippen LogP contribution in [0.25, 0.3) is 11.3 Å². The highest BCUT2D eigenvalue weighted by atomic mass is 32.2. The number of amides is 1. The van der Waals surface area contributed by atoms with Crippen molar-refractivity contribution >= 4 is 21.4 Å². The SMILES string of the molecule is Cc1c(C(=O)Nc2ccc(S(C)(=O)=O)cc2)cn(CCN2CCCCC2)c1-c1ccc(F)cc1C(F)(F)F. The molecule has 0 spiro atoms. The van der Waals surface area contributed by atoms with Crippen LogP contribution in [0.2, 0.25) is 0 Å². The molecule has 0 radical (unpaired) electrons. The molecule has 38 heavy (non-hydrogen) atoms. The zero-order valence-electron chi connectivity index (χ0n) is 21.1. The van der Waals surface area contributed by atoms with E-state index in [0.29, 0.717) is 30.4 Å². The van der Waals surface area contributed by atoms with Crippen LogP contribution in [0.5, 0.6) is 0 Å². The summed E-state index contributed by atoms with van der Waals surface area (Å²) in [6, 6.07) is 8.17. The second-order valence-electron chi connectivity index (χ2n) is 9.55. The summed E-state index contributed by atoms with van der Waals surface area (Å²) < 4.78 is 80.6. The average Bonchev–Trinajstić information content (AvgIpc) is 3.18. The number of rotatable bonds is 7. The molecule has 1 saturated heterocycles. The molecule has 4 rings (SSSR count). The molecule has 2 heterocycles. The van der Waals surface area contributed by atoms with Gasteiger partial charge in [0, 0.05) is 36.8 Å². The number of likely N-dealkylation sites (tertiary alicyclic amines) is 1. The first-order valence-electron chi connectivity index (χ1n) is 12.3. The van der Waals surface area contributed by atoms with Crippen LogP contribution in [0.15, 0.2) is 53.6 Å². The summed E-state index contributed by atoms with van der Waals surface area (Å²) in [5.74, 6) is -1.55. The van der Waals surface area contributed by atoms with E-state index < -0.39 is 33.3 Å². The van der Waals surface area contributed by atoms with Crippen LogP contribution in [0, 0.1) is 12.7 Å². The third kappa shape index (κ3) is 6.27. The summed E-state index contributed by atoms with van der Waals surface area (Å²) in [6.45, 7) is 4.31. The second-order valence-corrected chi connectivity index (χ2v) is 11.6. The number of nitrogens with zero attached hydrogens (tertiary/aromatic N) is 2. The molecule has 0 saturated carbocycles. The number of anilines is 1. The minimum absolute atomic E-state index is 0.0915. The number of benzene rings is 2. The van der Waals surface area contributed by atoms with Gasteiger partial charge in [0.1, 0.15) is 5.82 Å². The van der Waals surface area contributed by atoms with Crippen LogP contribution in [-0.2, 0) is 22.6 Å². The summed E-state index contributed by atoms with van der Waals surface area (Å²) in [6.07, 6.45) is 1.06. The van der Waals surface area contributed by atoms with Crippen LogP contribution >= 0.6 is 0 Å². The van der Waals surface area contributed by atoms with Crippen LogP contribution in [0.4, 0.5) is 23.2 Å². The monoisotopic (exact) mass is 551 g/mol. The number of hydrogen-bond donors (Lipinski definition) is 1. The van der Waals surface area contributed by atoms with Crippen molar-refractivity contribution in [3.8, 4) is 11.3 Å². The third-order valence-corrected chi connectivity index (χ3v) is 7.89. The van der Waals surface area contributed by atoms with Crippen LogP contribution in [0.3, 0.4) is 0 Å². The number of nitrogens with one attached hydrogen (secondary N) is 1. The van der Waals surface area contributed by atoms with E-state index in [1.807, 2.05) is 0 Å². The zero-order valence-corrected chi connectivity index (χ0v) is 21.9. The first-order valence-corrected chi connectivity index (χ1v) is 14.1. The third-order valence-electron chi connectivity index (χ3n) is 6.76. The Bertz CT molecular complexity index is 1420. The molecule has 1 fully saturated rings. The van der Waals surface area contributed by atoms with Gasteiger partial charge in [-0.1, -0.05) is 6.42 Å². The van der Waals surface area contributed by atoms with E-state index in [9.17, 15) is 30.8 Å². The Hall–Kier alpha value is -3.18. The summed E-state index contributed by atoms with van der Waals surface area (Å²) in [5, 5.41) is 2.69. The Kier molecular flexibility index (Phi) is 7.98. The molecular weight excluding hydrogens is 522 g/mol. The van der Waals surface area contributed by atoms with Gasteiger partial charge < -0.3 is 14.8 Å². The van der Waals surface area contributed by atoms with E-state index in [-0.39, 0.29) is 21.7 Å². The normalized spacial score (nSPS) is 15.0. The molecule has 3 aromatic rings. The van der Waals surface area contributed by atoms with Gasteiger partial charge in [-0.2, -0.15) is 13.2 Å². The minimum Gasteiger partial charge on any atom is -0.345 e. The van der Waals surface area contributed by atoms with Gasteiger partial charge in [0.15, 0.2) is 9.84 Å². The number of hydrogen-bond acceptors (Lipinski definition) is 4. The molecule has 0 unspecified atom stereocenters. The van der Waals surface area contributed by atoms with Crippen LogP contribution in [0.1, 0.15) is 40.7 Å². The molecule has 0 bridgehead atoms. The Morgan fingerprint density at radius 3 is 2.26 bits per heavy atom. The van der Waals surface area contributed by atoms with E-state index in [2.05, 4.69) is 10.2 Å². The number of carbonyl (C=O) groups excluding carboxylic acids is 1. The van der Waals surface area contributed by atoms with Crippen molar-refractivity contribution in [1.29, 1.82) is 0 Å². The summed E-state index contributed by atoms with van der Waals surface area (Å²) >= 11 is 0. The number of piperidine rings is 1. The highest BCUT2D eigenvalue weighted by Gasteiger charge is 2.36. The lowest BCUT2D eigenvalue weighted by molar-refractivity contribution is -0.137. The molecule has 0 aliphatic carbocycles. The molecule has 0 atom stereocenters. The second kappa shape index (κ2) is 10.9.